The maximum atomic E-state index is 12.9. The molecule has 0 saturated carbocycles. The van der Waals surface area contributed by atoms with Crippen molar-refractivity contribution >= 4 is 27.5 Å². The lowest BCUT2D eigenvalue weighted by Gasteiger charge is -2.17. The fourth-order valence-corrected chi connectivity index (χ4v) is 1.69. The lowest BCUT2D eigenvalue weighted by Crippen LogP contribution is -2.33. The van der Waals surface area contributed by atoms with Gasteiger partial charge >= 0.3 is 0 Å². The second-order valence-corrected chi connectivity index (χ2v) is 3.65. The van der Waals surface area contributed by atoms with E-state index in [2.05, 4.69) is 26.3 Å². The summed E-state index contributed by atoms with van der Waals surface area (Å²) in [5.74, 6) is -0.495. The van der Waals surface area contributed by atoms with Crippen molar-refractivity contribution in [2.24, 2.45) is 0 Å². The summed E-state index contributed by atoms with van der Waals surface area (Å²) in [5, 5.41) is 1.57. The Hall–Kier alpha value is -1.17. The van der Waals surface area contributed by atoms with Crippen LogP contribution in [0.2, 0.25) is 0 Å². The predicted molar refractivity (Wildman–Crippen MR) is 52.0 cm³/mol. The molecule has 4 nitrogen and oxygen atoms in total. The van der Waals surface area contributed by atoms with E-state index in [0.29, 0.717) is 23.3 Å². The molecule has 0 bridgehead atoms. The summed E-state index contributed by atoms with van der Waals surface area (Å²) in [6.07, 6.45) is 1.54. The Morgan fingerprint density at radius 1 is 1.64 bits per heavy atom. The van der Waals surface area contributed by atoms with Crippen molar-refractivity contribution in [1.82, 2.24) is 10.4 Å². The van der Waals surface area contributed by atoms with Crippen LogP contribution in [0.25, 0.3) is 0 Å². The lowest BCUT2D eigenvalue weighted by atomic mass is 10.4. The highest BCUT2D eigenvalue weighted by Crippen LogP contribution is 2.25. The monoisotopic (exact) mass is 259 g/mol. The van der Waals surface area contributed by atoms with Gasteiger partial charge in [-0.25, -0.2) is 9.37 Å². The van der Waals surface area contributed by atoms with Gasteiger partial charge in [0.1, 0.15) is 10.4 Å². The highest BCUT2D eigenvalue weighted by atomic mass is 79.9. The van der Waals surface area contributed by atoms with Gasteiger partial charge in [-0.15, -0.1) is 0 Å². The molecular formula is C8H7BrFN3O. The molecule has 1 aliphatic heterocycles. The van der Waals surface area contributed by atoms with Crippen LogP contribution in [-0.4, -0.2) is 17.4 Å². The number of amides is 1. The quantitative estimate of drug-likeness (QED) is 0.772. The highest BCUT2D eigenvalue weighted by molar-refractivity contribution is 9.10. The summed E-state index contributed by atoms with van der Waals surface area (Å²) in [6.45, 7) is 0.530. The number of nitrogens with zero attached hydrogens (tertiary/aromatic N) is 2. The van der Waals surface area contributed by atoms with Gasteiger partial charge in [-0.1, -0.05) is 0 Å². The Morgan fingerprint density at radius 3 is 3.07 bits per heavy atom. The van der Waals surface area contributed by atoms with E-state index in [-0.39, 0.29) is 5.91 Å². The third-order valence-corrected chi connectivity index (χ3v) is 2.51. The number of nitrogens with one attached hydrogen (secondary N) is 1. The standard InChI is InChI=1S/C8H7BrFN3O/c9-8-6(3-5(10)4-11-8)13-2-1-7(14)12-13/h3-4H,1-2H2,(H,12,14). The van der Waals surface area contributed by atoms with Crippen molar-refractivity contribution in [1.29, 1.82) is 0 Å². The van der Waals surface area contributed by atoms with E-state index in [1.165, 1.54) is 6.07 Å². The molecule has 1 aromatic rings. The smallest absolute Gasteiger partial charge is 0.240 e. The highest BCUT2D eigenvalue weighted by Gasteiger charge is 2.21. The van der Waals surface area contributed by atoms with E-state index < -0.39 is 5.82 Å². The van der Waals surface area contributed by atoms with Gasteiger partial charge in [-0.2, -0.15) is 0 Å². The Kier molecular flexibility index (Phi) is 2.37. The van der Waals surface area contributed by atoms with E-state index in [4.69, 9.17) is 0 Å². The second kappa shape index (κ2) is 3.53. The van der Waals surface area contributed by atoms with Crippen LogP contribution < -0.4 is 10.4 Å². The topological polar surface area (TPSA) is 45.2 Å². The van der Waals surface area contributed by atoms with E-state index in [9.17, 15) is 9.18 Å². The summed E-state index contributed by atoms with van der Waals surface area (Å²) >= 11 is 3.19. The zero-order valence-corrected chi connectivity index (χ0v) is 8.71. The van der Waals surface area contributed by atoms with Gasteiger partial charge in [-0.3, -0.25) is 15.2 Å². The number of anilines is 1. The van der Waals surface area contributed by atoms with Crippen LogP contribution >= 0.6 is 15.9 Å². The first-order chi connectivity index (χ1) is 6.66. The lowest BCUT2D eigenvalue weighted by molar-refractivity contribution is -0.119. The zero-order valence-electron chi connectivity index (χ0n) is 7.13. The van der Waals surface area contributed by atoms with Crippen molar-refractivity contribution in [2.45, 2.75) is 6.42 Å². The largest absolute Gasteiger partial charge is 0.282 e. The number of hydrogen-bond acceptors (Lipinski definition) is 3. The molecule has 6 heteroatoms. The van der Waals surface area contributed by atoms with Crippen molar-refractivity contribution in [3.63, 3.8) is 0 Å². The van der Waals surface area contributed by atoms with Crippen molar-refractivity contribution in [3.05, 3.63) is 22.7 Å². The first-order valence-electron chi connectivity index (χ1n) is 4.05. The predicted octanol–water partition coefficient (Wildman–Crippen LogP) is 1.22. The maximum Gasteiger partial charge on any atom is 0.240 e. The fourth-order valence-electron chi connectivity index (χ4n) is 1.26. The minimum atomic E-state index is -0.427. The van der Waals surface area contributed by atoms with Gasteiger partial charge in [0, 0.05) is 19.0 Å². The molecule has 0 spiro atoms. The molecule has 14 heavy (non-hydrogen) atoms. The Morgan fingerprint density at radius 2 is 2.43 bits per heavy atom. The fraction of sp³-hybridized carbons (Fsp3) is 0.250. The molecule has 74 valence electrons. The molecule has 1 aliphatic rings. The van der Waals surface area contributed by atoms with Gasteiger partial charge in [0.05, 0.1) is 11.9 Å². The summed E-state index contributed by atoms with van der Waals surface area (Å²) in [5.41, 5.74) is 3.13. The van der Waals surface area contributed by atoms with Crippen molar-refractivity contribution in [3.8, 4) is 0 Å². The van der Waals surface area contributed by atoms with Gasteiger partial charge in [0.2, 0.25) is 5.91 Å². The molecule has 0 aromatic carbocycles. The van der Waals surface area contributed by atoms with Gasteiger partial charge in [0.15, 0.2) is 0 Å². The molecule has 1 fully saturated rings. The molecular weight excluding hydrogens is 253 g/mol. The Balaban J connectivity index is 2.31. The number of halogens is 2. The maximum absolute atomic E-state index is 12.9. The molecule has 1 amide bonds. The molecule has 0 aliphatic carbocycles. The summed E-state index contributed by atoms with van der Waals surface area (Å²) in [4.78, 5) is 14.7. The van der Waals surface area contributed by atoms with Crippen LogP contribution in [0, 0.1) is 5.82 Å². The average molecular weight is 260 g/mol. The number of carbonyl (C=O) groups excluding carboxylic acids is 1. The summed E-state index contributed by atoms with van der Waals surface area (Å²) in [6, 6.07) is 1.32. The van der Waals surface area contributed by atoms with Crippen LogP contribution in [-0.2, 0) is 4.79 Å². The van der Waals surface area contributed by atoms with Crippen LogP contribution in [0.15, 0.2) is 16.9 Å². The molecule has 1 aromatic heterocycles. The number of carbonyl (C=O) groups is 1. The summed E-state index contributed by atoms with van der Waals surface area (Å²) in [7, 11) is 0. The van der Waals surface area contributed by atoms with E-state index in [0.717, 1.165) is 6.20 Å². The number of hydrogen-bond donors (Lipinski definition) is 1. The van der Waals surface area contributed by atoms with E-state index >= 15 is 0 Å². The summed E-state index contributed by atoms with van der Waals surface area (Å²) < 4.78 is 13.4. The minimum absolute atomic E-state index is 0.0684. The number of rotatable bonds is 1. The zero-order chi connectivity index (χ0) is 10.1. The van der Waals surface area contributed by atoms with Crippen LogP contribution in [0.1, 0.15) is 6.42 Å². The van der Waals surface area contributed by atoms with Gasteiger partial charge in [-0.05, 0) is 15.9 Å². The molecule has 2 rings (SSSR count). The van der Waals surface area contributed by atoms with Crippen LogP contribution in [0.3, 0.4) is 0 Å². The minimum Gasteiger partial charge on any atom is -0.282 e. The number of hydrazine groups is 1. The van der Waals surface area contributed by atoms with Crippen LogP contribution in [0.5, 0.6) is 0 Å². The normalized spacial score (nSPS) is 15.9. The van der Waals surface area contributed by atoms with Crippen LogP contribution in [0.4, 0.5) is 10.1 Å². The SMILES string of the molecule is O=C1CCN(c2cc(F)cnc2Br)N1. The molecule has 0 radical (unpaired) electrons. The van der Waals surface area contributed by atoms with E-state index in [1.807, 2.05) is 0 Å². The molecule has 2 heterocycles. The molecule has 1 saturated heterocycles. The van der Waals surface area contributed by atoms with E-state index in [1.54, 1.807) is 5.01 Å². The number of aromatic nitrogens is 1. The molecule has 1 N–H and O–H groups in total. The third-order valence-electron chi connectivity index (χ3n) is 1.90. The first kappa shape index (κ1) is 9.39. The van der Waals surface area contributed by atoms with Crippen molar-refractivity contribution in [2.75, 3.05) is 11.6 Å². The van der Waals surface area contributed by atoms with Gasteiger partial charge in [0.25, 0.3) is 0 Å². The van der Waals surface area contributed by atoms with Crippen molar-refractivity contribution < 1.29 is 9.18 Å². The average Bonchev–Trinajstić information content (AvgIpc) is 2.56. The molecule has 0 atom stereocenters. The van der Waals surface area contributed by atoms with Gasteiger partial charge < -0.3 is 0 Å². The first-order valence-corrected chi connectivity index (χ1v) is 4.84. The second-order valence-electron chi connectivity index (χ2n) is 2.90. The Bertz CT molecular complexity index is 385. The Labute approximate surface area is 88.2 Å². The molecule has 0 unspecified atom stereocenters. The number of pyridine rings is 1. The third kappa shape index (κ3) is 1.70.